The molecule has 0 aromatic heterocycles. The highest BCUT2D eigenvalue weighted by Gasteiger charge is 2.13. The Kier molecular flexibility index (Phi) is 4.65. The van der Waals surface area contributed by atoms with Crippen LogP contribution in [0.5, 0.6) is 0 Å². The monoisotopic (exact) mass is 273 g/mol. The Bertz CT molecular complexity index is 512. The van der Waals surface area contributed by atoms with Crippen LogP contribution < -0.4 is 11.2 Å². The molecule has 0 heterocycles. The van der Waals surface area contributed by atoms with E-state index in [4.69, 9.17) is 10.3 Å². The molecule has 0 atom stereocenters. The van der Waals surface area contributed by atoms with Gasteiger partial charge in [0.05, 0.1) is 6.54 Å². The number of nitrogens with one attached hydrogen (secondary N) is 1. The van der Waals surface area contributed by atoms with Crippen LogP contribution in [-0.4, -0.2) is 29.9 Å². The lowest BCUT2D eigenvalue weighted by Crippen LogP contribution is -2.47. The first-order chi connectivity index (χ1) is 8.28. The van der Waals surface area contributed by atoms with Crippen molar-refractivity contribution in [1.82, 2.24) is 10.4 Å². The predicted molar refractivity (Wildman–Crippen MR) is 65.9 cm³/mol. The van der Waals surface area contributed by atoms with Gasteiger partial charge in [-0.2, -0.15) is 8.42 Å². The molecule has 0 aliphatic carbocycles. The topological polar surface area (TPSA) is 113 Å². The summed E-state index contributed by atoms with van der Waals surface area (Å²) >= 11 is 0. The van der Waals surface area contributed by atoms with Crippen molar-refractivity contribution < 1.29 is 17.8 Å². The van der Waals surface area contributed by atoms with Gasteiger partial charge in [0.2, 0.25) is 0 Å². The molecule has 0 spiro atoms. The first kappa shape index (κ1) is 14.4. The van der Waals surface area contributed by atoms with E-state index in [0.717, 1.165) is 16.1 Å². The smallest absolute Gasteiger partial charge is 0.329 e. The molecule has 1 aromatic carbocycles. The highest BCUT2D eigenvalue weighted by atomic mass is 32.2. The molecule has 4 N–H and O–H groups in total. The van der Waals surface area contributed by atoms with E-state index in [1.165, 1.54) is 0 Å². The van der Waals surface area contributed by atoms with Gasteiger partial charge >= 0.3 is 6.03 Å². The second kappa shape index (κ2) is 5.80. The highest BCUT2D eigenvalue weighted by molar-refractivity contribution is 7.85. The number of carbonyl (C=O) groups is 1. The number of urea groups is 1. The second-order valence-electron chi connectivity index (χ2n) is 3.79. The van der Waals surface area contributed by atoms with Gasteiger partial charge in [0, 0.05) is 0 Å². The van der Waals surface area contributed by atoms with Crippen LogP contribution in [0.15, 0.2) is 24.3 Å². The molecule has 2 amide bonds. The van der Waals surface area contributed by atoms with Gasteiger partial charge in [-0.3, -0.25) is 9.56 Å². The lowest BCUT2D eigenvalue weighted by molar-refractivity contribution is 0.180. The Morgan fingerprint density at radius 3 is 2.39 bits per heavy atom. The molecule has 100 valence electrons. The van der Waals surface area contributed by atoms with E-state index in [1.54, 1.807) is 12.1 Å². The average Bonchev–Trinajstić information content (AvgIpc) is 2.25. The van der Waals surface area contributed by atoms with Gasteiger partial charge in [-0.15, -0.1) is 0 Å². The van der Waals surface area contributed by atoms with Gasteiger partial charge in [0.1, 0.15) is 5.88 Å². The Labute approximate surface area is 105 Å². The number of aryl methyl sites for hydroxylation is 1. The van der Waals surface area contributed by atoms with Crippen molar-refractivity contribution in [3.63, 3.8) is 0 Å². The summed E-state index contributed by atoms with van der Waals surface area (Å²) in [6.45, 7) is 2.03. The third-order valence-electron chi connectivity index (χ3n) is 2.17. The first-order valence-corrected chi connectivity index (χ1v) is 6.70. The van der Waals surface area contributed by atoms with E-state index in [0.29, 0.717) is 0 Å². The van der Waals surface area contributed by atoms with Crippen LogP contribution >= 0.6 is 0 Å². The number of nitrogens with zero attached hydrogens (tertiary/aromatic N) is 1. The molecule has 7 nitrogen and oxygen atoms in total. The molecule has 0 aliphatic heterocycles. The third kappa shape index (κ3) is 5.13. The molecule has 0 radical (unpaired) electrons. The fourth-order valence-corrected chi connectivity index (χ4v) is 1.57. The van der Waals surface area contributed by atoms with Gasteiger partial charge in [-0.25, -0.2) is 10.2 Å². The molecule has 0 fully saturated rings. The third-order valence-corrected chi connectivity index (χ3v) is 2.66. The molecular weight excluding hydrogens is 258 g/mol. The van der Waals surface area contributed by atoms with E-state index < -0.39 is 22.0 Å². The molecule has 1 aromatic rings. The van der Waals surface area contributed by atoms with Gasteiger partial charge in [0.25, 0.3) is 10.1 Å². The maximum atomic E-state index is 11.1. The fraction of sp³-hybridized carbons (Fsp3) is 0.300. The van der Waals surface area contributed by atoms with Crippen molar-refractivity contribution in [3.8, 4) is 0 Å². The van der Waals surface area contributed by atoms with Crippen molar-refractivity contribution in [1.29, 1.82) is 0 Å². The summed E-state index contributed by atoms with van der Waals surface area (Å²) < 4.78 is 29.7. The summed E-state index contributed by atoms with van der Waals surface area (Å²) in [4.78, 5) is 11.1. The first-order valence-electron chi connectivity index (χ1n) is 5.09. The van der Waals surface area contributed by atoms with Crippen LogP contribution in [0.2, 0.25) is 0 Å². The van der Waals surface area contributed by atoms with Crippen molar-refractivity contribution in [2.45, 2.75) is 13.5 Å². The number of nitrogens with two attached hydrogens (primary N) is 1. The van der Waals surface area contributed by atoms with Crippen molar-refractivity contribution in [3.05, 3.63) is 35.4 Å². The lowest BCUT2D eigenvalue weighted by atomic mass is 10.1. The van der Waals surface area contributed by atoms with Gasteiger partial charge in [-0.1, -0.05) is 29.8 Å². The largest absolute Gasteiger partial charge is 0.350 e. The van der Waals surface area contributed by atoms with Crippen LogP contribution in [0.4, 0.5) is 4.79 Å². The number of benzene rings is 1. The molecular formula is C10H15N3O4S. The van der Waals surface area contributed by atoms with Crippen molar-refractivity contribution in [2.24, 2.45) is 5.73 Å². The van der Waals surface area contributed by atoms with Gasteiger partial charge in [-0.05, 0) is 12.5 Å². The summed E-state index contributed by atoms with van der Waals surface area (Å²) in [7, 11) is -4.21. The number of hydrazine groups is 1. The number of amides is 2. The van der Waals surface area contributed by atoms with Crippen molar-refractivity contribution >= 4 is 16.1 Å². The highest BCUT2D eigenvalue weighted by Crippen LogP contribution is 2.05. The number of hydrogen-bond acceptors (Lipinski definition) is 4. The predicted octanol–water partition coefficient (Wildman–Crippen LogP) is 0.226. The SMILES string of the molecule is Cc1ccc(CN(NCS(=O)(=O)O)C(N)=O)cc1. The number of hydrogen-bond donors (Lipinski definition) is 3. The molecule has 0 saturated heterocycles. The van der Waals surface area contributed by atoms with E-state index in [-0.39, 0.29) is 6.54 Å². The summed E-state index contributed by atoms with van der Waals surface area (Å²) in [6, 6.07) is 6.47. The molecule has 0 unspecified atom stereocenters. The summed E-state index contributed by atoms with van der Waals surface area (Å²) in [5.74, 6) is -0.776. The minimum atomic E-state index is -4.21. The normalized spacial score (nSPS) is 11.2. The zero-order chi connectivity index (χ0) is 13.8. The van der Waals surface area contributed by atoms with E-state index in [1.807, 2.05) is 19.1 Å². The van der Waals surface area contributed by atoms with Crippen LogP contribution in [0, 0.1) is 6.92 Å². The van der Waals surface area contributed by atoms with Crippen LogP contribution in [-0.2, 0) is 16.7 Å². The lowest BCUT2D eigenvalue weighted by Gasteiger charge is -2.20. The summed E-state index contributed by atoms with van der Waals surface area (Å²) in [5, 5.41) is 0.915. The second-order valence-corrected chi connectivity index (χ2v) is 5.25. The van der Waals surface area contributed by atoms with E-state index in [2.05, 4.69) is 5.43 Å². The van der Waals surface area contributed by atoms with Gasteiger partial charge < -0.3 is 5.73 Å². The maximum absolute atomic E-state index is 11.1. The zero-order valence-corrected chi connectivity index (χ0v) is 10.6. The Balaban J connectivity index is 2.69. The fourth-order valence-electron chi connectivity index (χ4n) is 1.25. The quantitative estimate of drug-likeness (QED) is 0.525. The minimum Gasteiger partial charge on any atom is -0.350 e. The van der Waals surface area contributed by atoms with E-state index >= 15 is 0 Å². The maximum Gasteiger partial charge on any atom is 0.329 e. The molecule has 18 heavy (non-hydrogen) atoms. The Morgan fingerprint density at radius 2 is 1.94 bits per heavy atom. The van der Waals surface area contributed by atoms with Crippen LogP contribution in [0.1, 0.15) is 11.1 Å². The molecule has 0 aliphatic rings. The minimum absolute atomic E-state index is 0.102. The Morgan fingerprint density at radius 1 is 1.39 bits per heavy atom. The summed E-state index contributed by atoms with van der Waals surface area (Å²) in [5.41, 5.74) is 9.18. The van der Waals surface area contributed by atoms with Gasteiger partial charge in [0.15, 0.2) is 0 Å². The van der Waals surface area contributed by atoms with E-state index in [9.17, 15) is 13.2 Å². The average molecular weight is 273 g/mol. The number of primary amides is 1. The summed E-state index contributed by atoms with van der Waals surface area (Å²) in [6.07, 6.45) is 0. The van der Waals surface area contributed by atoms with Crippen LogP contribution in [0.3, 0.4) is 0 Å². The zero-order valence-electron chi connectivity index (χ0n) is 9.83. The molecule has 0 bridgehead atoms. The van der Waals surface area contributed by atoms with Crippen LogP contribution in [0.25, 0.3) is 0 Å². The number of carbonyl (C=O) groups excluding carboxylic acids is 1. The molecule has 1 rings (SSSR count). The standard InChI is InChI=1S/C10H15N3O4S/c1-8-2-4-9(5-3-8)6-13(10(11)14)12-7-18(15,16)17/h2-5,12H,6-7H2,1H3,(H2,11,14)(H,15,16,17). The molecule has 0 saturated carbocycles. The molecule has 8 heteroatoms. The Hall–Kier alpha value is -1.64. The number of rotatable bonds is 5. The van der Waals surface area contributed by atoms with Crippen molar-refractivity contribution in [2.75, 3.05) is 5.88 Å².